The number of hydrogen-bond donors (Lipinski definition) is 0. The van der Waals surface area contributed by atoms with Gasteiger partial charge in [0.25, 0.3) is 0 Å². The van der Waals surface area contributed by atoms with Crippen LogP contribution < -0.4 is 3.71 Å². The van der Waals surface area contributed by atoms with Gasteiger partial charge in [0.05, 0.1) is 0 Å². The van der Waals surface area contributed by atoms with E-state index >= 15 is 0 Å². The monoisotopic (exact) mass is 420 g/mol. The first-order chi connectivity index (χ1) is 11.3. The average Bonchev–Trinajstić information content (AvgIpc) is 2.94. The van der Waals surface area contributed by atoms with Crippen molar-refractivity contribution in [2.45, 2.75) is 83.5 Å². The van der Waals surface area contributed by atoms with Gasteiger partial charge in [0.15, 0.2) is 0 Å². The van der Waals surface area contributed by atoms with Crippen LogP contribution in [0.2, 0.25) is 4.94 Å². The van der Waals surface area contributed by atoms with Crippen LogP contribution in [0.25, 0.3) is 5.65 Å². The quantitative estimate of drug-likeness (QED) is 0.509. The molecule has 0 aliphatic carbocycles. The molecule has 0 amide bonds. The van der Waals surface area contributed by atoms with Crippen molar-refractivity contribution in [1.82, 2.24) is 9.38 Å². The number of aromatic nitrogens is 2. The van der Waals surface area contributed by atoms with Crippen LogP contribution in [0.5, 0.6) is 0 Å². The Bertz CT molecular complexity index is 616. The van der Waals surface area contributed by atoms with Crippen molar-refractivity contribution in [3.05, 3.63) is 29.1 Å². The van der Waals surface area contributed by atoms with Crippen molar-refractivity contribution in [3.8, 4) is 0 Å². The summed E-state index contributed by atoms with van der Waals surface area (Å²) < 4.78 is 4.04. The third kappa shape index (κ3) is 4.52. The van der Waals surface area contributed by atoms with Crippen molar-refractivity contribution in [1.29, 1.82) is 0 Å². The summed E-state index contributed by atoms with van der Waals surface area (Å²) in [5.41, 5.74) is 5.90. The number of pyridine rings is 1. The standard InChI is InChI=1S/C19H29N2.CH3.Sn/c1-4-7-10-16-13-14-19-20-15-17(11-8-5-2)21(19)18(16)12-9-6-3;;/h13-14H,4-12H2,1-3H3;1H3;. The van der Waals surface area contributed by atoms with Crippen molar-refractivity contribution < 1.29 is 0 Å². The molecule has 0 aliphatic rings. The van der Waals surface area contributed by atoms with E-state index in [1.165, 1.54) is 67.1 Å². The van der Waals surface area contributed by atoms with Gasteiger partial charge in [-0.1, -0.05) is 0 Å². The molecule has 0 bridgehead atoms. The van der Waals surface area contributed by atoms with Gasteiger partial charge in [-0.2, -0.15) is 0 Å². The normalized spacial score (nSPS) is 11.5. The molecule has 3 heteroatoms. The van der Waals surface area contributed by atoms with Gasteiger partial charge in [-0.25, -0.2) is 0 Å². The molecule has 0 unspecified atom stereocenters. The molecular formula is C20H32N2Sn. The van der Waals surface area contributed by atoms with Gasteiger partial charge in [-0.15, -0.1) is 0 Å². The van der Waals surface area contributed by atoms with Crippen LogP contribution in [0.1, 0.15) is 76.2 Å². The molecule has 2 radical (unpaired) electrons. The fourth-order valence-electron chi connectivity index (χ4n) is 3.29. The number of unbranched alkanes of at least 4 members (excludes halogenated alkanes) is 3. The van der Waals surface area contributed by atoms with Gasteiger partial charge >= 0.3 is 152 Å². The Morgan fingerprint density at radius 3 is 2.09 bits per heavy atom. The summed E-state index contributed by atoms with van der Waals surface area (Å²) in [6.07, 6.45) is 11.3. The molecule has 2 nitrogen and oxygen atoms in total. The first kappa shape index (κ1) is 18.8. The van der Waals surface area contributed by atoms with Crippen LogP contribution >= 0.6 is 0 Å². The van der Waals surface area contributed by atoms with E-state index in [4.69, 9.17) is 4.98 Å². The topological polar surface area (TPSA) is 17.3 Å². The molecule has 0 saturated heterocycles. The second-order valence-electron chi connectivity index (χ2n) is 6.47. The van der Waals surface area contributed by atoms with Crippen LogP contribution in [-0.2, 0) is 19.3 Å². The van der Waals surface area contributed by atoms with E-state index in [2.05, 4.69) is 42.2 Å². The predicted molar refractivity (Wildman–Crippen MR) is 102 cm³/mol. The van der Waals surface area contributed by atoms with Gasteiger partial charge < -0.3 is 0 Å². The van der Waals surface area contributed by atoms with Crippen LogP contribution in [0.3, 0.4) is 0 Å². The van der Waals surface area contributed by atoms with Gasteiger partial charge in [-0.3, -0.25) is 0 Å². The summed E-state index contributed by atoms with van der Waals surface area (Å²) >= 11 is -0.502. The number of hydrogen-bond acceptors (Lipinski definition) is 1. The van der Waals surface area contributed by atoms with E-state index in [9.17, 15) is 0 Å². The number of rotatable bonds is 10. The molecule has 0 aromatic carbocycles. The molecule has 0 N–H and O–H groups in total. The number of fused-ring (bicyclic) bond motifs is 1. The zero-order chi connectivity index (χ0) is 16.7. The molecule has 126 valence electrons. The molecular weight excluding hydrogens is 387 g/mol. The molecule has 2 aromatic heterocycles. The molecule has 0 saturated carbocycles. The molecule has 2 rings (SSSR count). The van der Waals surface area contributed by atoms with Crippen molar-refractivity contribution in [3.63, 3.8) is 0 Å². The number of aryl methyl sites for hydroxylation is 3. The maximum atomic E-state index is 5.01. The summed E-state index contributed by atoms with van der Waals surface area (Å²) in [5.74, 6) is 0. The van der Waals surface area contributed by atoms with E-state index in [1.807, 2.05) is 0 Å². The predicted octanol–water partition coefficient (Wildman–Crippen LogP) is 4.74. The Kier molecular flexibility index (Phi) is 7.94. The molecule has 0 aliphatic heterocycles. The minimum absolute atomic E-state index is 0.502. The summed E-state index contributed by atoms with van der Waals surface area (Å²) in [5, 5.41) is 0. The molecule has 0 atom stereocenters. The Hall–Kier alpha value is -0.511. The Labute approximate surface area is 152 Å². The molecule has 0 fully saturated rings. The van der Waals surface area contributed by atoms with Gasteiger partial charge in [0.1, 0.15) is 0 Å². The third-order valence-corrected chi connectivity index (χ3v) is 7.14. The van der Waals surface area contributed by atoms with E-state index in [0.717, 1.165) is 0 Å². The first-order valence-corrected chi connectivity index (χ1v) is 13.7. The number of imidazole rings is 1. The Morgan fingerprint density at radius 1 is 0.870 bits per heavy atom. The molecule has 23 heavy (non-hydrogen) atoms. The Balaban J connectivity index is 2.55. The van der Waals surface area contributed by atoms with E-state index in [0.29, 0.717) is 0 Å². The van der Waals surface area contributed by atoms with Gasteiger partial charge in [0.2, 0.25) is 0 Å². The summed E-state index contributed by atoms with van der Waals surface area (Å²) in [6, 6.07) is 4.63. The van der Waals surface area contributed by atoms with Gasteiger partial charge in [-0.05, 0) is 0 Å². The Morgan fingerprint density at radius 2 is 1.48 bits per heavy atom. The zero-order valence-corrected chi connectivity index (χ0v) is 18.3. The average molecular weight is 419 g/mol. The zero-order valence-electron chi connectivity index (χ0n) is 15.4. The van der Waals surface area contributed by atoms with Crippen molar-refractivity contribution in [2.24, 2.45) is 0 Å². The second kappa shape index (κ2) is 9.70. The van der Waals surface area contributed by atoms with Crippen molar-refractivity contribution in [2.75, 3.05) is 0 Å². The third-order valence-electron chi connectivity index (χ3n) is 4.64. The van der Waals surface area contributed by atoms with Crippen LogP contribution in [-0.4, -0.2) is 30.5 Å². The van der Waals surface area contributed by atoms with Crippen molar-refractivity contribution >= 4 is 30.5 Å². The first-order valence-electron chi connectivity index (χ1n) is 9.46. The summed E-state index contributed by atoms with van der Waals surface area (Å²) in [4.78, 5) is 7.42. The SMILES string of the molecule is CCCCc1ccc2n[c]([Sn][CH3])c(CCCC)n2c1CCCC. The molecule has 2 aromatic rings. The van der Waals surface area contributed by atoms with E-state index in [-0.39, 0.29) is 0 Å². The molecule has 2 heterocycles. The second-order valence-corrected chi connectivity index (χ2v) is 9.25. The van der Waals surface area contributed by atoms with E-state index in [1.54, 1.807) is 17.0 Å². The molecule has 0 spiro atoms. The van der Waals surface area contributed by atoms with Crippen LogP contribution in [0.15, 0.2) is 12.1 Å². The fraction of sp³-hybridized carbons (Fsp3) is 0.650. The van der Waals surface area contributed by atoms with Crippen LogP contribution in [0, 0.1) is 0 Å². The summed E-state index contributed by atoms with van der Waals surface area (Å²) in [6.45, 7) is 6.87. The maximum absolute atomic E-state index is 5.01. The minimum atomic E-state index is -0.502. The number of nitrogens with zero attached hydrogens (tertiary/aromatic N) is 2. The summed E-state index contributed by atoms with van der Waals surface area (Å²) in [7, 11) is 0. The van der Waals surface area contributed by atoms with Gasteiger partial charge in [0, 0.05) is 0 Å². The fourth-order valence-corrected chi connectivity index (χ4v) is 5.43. The van der Waals surface area contributed by atoms with Crippen LogP contribution in [0.4, 0.5) is 0 Å². The van der Waals surface area contributed by atoms with E-state index < -0.39 is 21.1 Å².